The van der Waals surface area contributed by atoms with E-state index in [0.29, 0.717) is 9.92 Å². The van der Waals surface area contributed by atoms with Gasteiger partial charge in [-0.05, 0) is 45.0 Å². The summed E-state index contributed by atoms with van der Waals surface area (Å²) >= 11 is 5.74. The zero-order valence-electron chi connectivity index (χ0n) is 10.7. The second-order valence-corrected chi connectivity index (χ2v) is 6.85. The van der Waals surface area contributed by atoms with Crippen LogP contribution in [-0.4, -0.2) is 21.5 Å². The minimum atomic E-state index is -1.20. The quantitative estimate of drug-likeness (QED) is 0.799. The van der Waals surface area contributed by atoms with E-state index in [1.54, 1.807) is 45.0 Å². The number of hydrogen-bond donors (Lipinski definition) is 0. The van der Waals surface area contributed by atoms with Crippen molar-refractivity contribution in [2.75, 3.05) is 5.75 Å². The largest absolute Gasteiger partial charge is 0.460 e. The van der Waals surface area contributed by atoms with Gasteiger partial charge in [-0.3, -0.25) is 9.00 Å². The Morgan fingerprint density at radius 3 is 2.33 bits per heavy atom. The molecule has 0 saturated heterocycles. The van der Waals surface area contributed by atoms with E-state index < -0.39 is 16.4 Å². The summed E-state index contributed by atoms with van der Waals surface area (Å²) in [6.45, 7) is 5.42. The Balaban J connectivity index is 2.47. The Labute approximate surface area is 115 Å². The minimum Gasteiger partial charge on any atom is -0.460 e. The van der Waals surface area contributed by atoms with Crippen molar-refractivity contribution in [2.45, 2.75) is 37.7 Å². The summed E-state index contributed by atoms with van der Waals surface area (Å²) < 4.78 is 17.0. The van der Waals surface area contributed by atoms with Crippen LogP contribution in [0.3, 0.4) is 0 Å². The Hall–Kier alpha value is -0.870. The predicted molar refractivity (Wildman–Crippen MR) is 73.2 cm³/mol. The fourth-order valence-corrected chi connectivity index (χ4v) is 2.43. The van der Waals surface area contributed by atoms with Crippen molar-refractivity contribution in [1.29, 1.82) is 0 Å². The molecule has 0 fully saturated rings. The Morgan fingerprint density at radius 2 is 1.83 bits per heavy atom. The third kappa shape index (κ3) is 5.65. The number of carbonyl (C=O) groups is 1. The lowest BCUT2D eigenvalue weighted by atomic mass is 10.2. The van der Waals surface area contributed by atoms with Crippen molar-refractivity contribution in [1.82, 2.24) is 0 Å². The third-order valence-electron chi connectivity index (χ3n) is 1.99. The Kier molecular flexibility index (Phi) is 5.35. The van der Waals surface area contributed by atoms with E-state index in [1.807, 2.05) is 0 Å². The topological polar surface area (TPSA) is 43.4 Å². The molecular weight excluding hydrogens is 272 g/mol. The van der Waals surface area contributed by atoms with E-state index in [-0.39, 0.29) is 18.1 Å². The molecule has 0 heterocycles. The van der Waals surface area contributed by atoms with Gasteiger partial charge in [-0.1, -0.05) is 11.6 Å². The molecule has 18 heavy (non-hydrogen) atoms. The lowest BCUT2D eigenvalue weighted by molar-refractivity contribution is -0.154. The Morgan fingerprint density at radius 1 is 1.28 bits per heavy atom. The standard InChI is InChI=1S/C13H17ClO3S/c1-13(2,3)17-12(15)8-9-18(16)11-6-4-10(14)5-7-11/h4-7H,8-9H2,1-3H3. The van der Waals surface area contributed by atoms with Crippen LogP contribution in [-0.2, 0) is 20.3 Å². The lowest BCUT2D eigenvalue weighted by Crippen LogP contribution is -2.24. The molecule has 0 bridgehead atoms. The first-order valence-corrected chi connectivity index (χ1v) is 7.33. The second-order valence-electron chi connectivity index (χ2n) is 4.84. The van der Waals surface area contributed by atoms with Gasteiger partial charge in [0, 0.05) is 15.7 Å². The molecule has 0 amide bonds. The van der Waals surface area contributed by atoms with Crippen molar-refractivity contribution in [3.8, 4) is 0 Å². The summed E-state index contributed by atoms with van der Waals surface area (Å²) in [5.74, 6) is -0.0684. The van der Waals surface area contributed by atoms with Crippen LogP contribution in [0, 0.1) is 0 Å². The molecule has 0 radical (unpaired) electrons. The molecule has 1 aromatic rings. The first-order valence-electron chi connectivity index (χ1n) is 5.64. The summed E-state index contributed by atoms with van der Waals surface area (Å²) in [6, 6.07) is 6.77. The lowest BCUT2D eigenvalue weighted by Gasteiger charge is -2.19. The van der Waals surface area contributed by atoms with Crippen molar-refractivity contribution in [2.24, 2.45) is 0 Å². The fourth-order valence-electron chi connectivity index (χ4n) is 1.27. The maximum absolute atomic E-state index is 11.9. The van der Waals surface area contributed by atoms with Gasteiger partial charge in [-0.2, -0.15) is 0 Å². The van der Waals surface area contributed by atoms with Crippen LogP contribution in [0.25, 0.3) is 0 Å². The van der Waals surface area contributed by atoms with Crippen molar-refractivity contribution in [3.05, 3.63) is 29.3 Å². The first-order chi connectivity index (χ1) is 8.28. The number of carbonyl (C=O) groups excluding carboxylic acids is 1. The molecule has 0 aromatic heterocycles. The number of halogens is 1. The van der Waals surface area contributed by atoms with Gasteiger partial charge in [0.25, 0.3) is 0 Å². The summed E-state index contributed by atoms with van der Waals surface area (Å²) in [5, 5.41) is 0.600. The van der Waals surface area contributed by atoms with Gasteiger partial charge in [0.1, 0.15) is 5.60 Å². The zero-order chi connectivity index (χ0) is 13.8. The highest BCUT2D eigenvalue weighted by atomic mass is 35.5. The number of esters is 1. The van der Waals surface area contributed by atoms with E-state index >= 15 is 0 Å². The molecule has 3 nitrogen and oxygen atoms in total. The number of hydrogen-bond acceptors (Lipinski definition) is 3. The molecule has 0 aliphatic heterocycles. The number of ether oxygens (including phenoxy) is 1. The molecule has 5 heteroatoms. The van der Waals surface area contributed by atoms with Crippen LogP contribution >= 0.6 is 11.6 Å². The molecule has 100 valence electrons. The van der Waals surface area contributed by atoms with Crippen LogP contribution in [0.2, 0.25) is 5.02 Å². The second kappa shape index (κ2) is 6.34. The molecule has 1 atom stereocenters. The smallest absolute Gasteiger partial charge is 0.307 e. The van der Waals surface area contributed by atoms with Crippen LogP contribution in [0.15, 0.2) is 29.2 Å². The van der Waals surface area contributed by atoms with E-state index in [4.69, 9.17) is 16.3 Å². The van der Waals surface area contributed by atoms with Crippen LogP contribution in [0.5, 0.6) is 0 Å². The summed E-state index contributed by atoms with van der Waals surface area (Å²) in [6.07, 6.45) is 0.145. The van der Waals surface area contributed by atoms with Gasteiger partial charge >= 0.3 is 5.97 Å². The van der Waals surface area contributed by atoms with Gasteiger partial charge in [-0.15, -0.1) is 0 Å². The van der Waals surface area contributed by atoms with Gasteiger partial charge in [0.05, 0.1) is 17.2 Å². The molecular formula is C13H17ClO3S. The van der Waals surface area contributed by atoms with Crippen molar-refractivity contribution < 1.29 is 13.7 Å². The number of rotatable bonds is 4. The molecule has 1 rings (SSSR count). The van der Waals surface area contributed by atoms with E-state index in [2.05, 4.69) is 0 Å². The van der Waals surface area contributed by atoms with Gasteiger partial charge in [0.15, 0.2) is 0 Å². The summed E-state index contributed by atoms with van der Waals surface area (Å²) in [4.78, 5) is 12.1. The first kappa shape index (κ1) is 15.2. The highest BCUT2D eigenvalue weighted by Crippen LogP contribution is 2.14. The predicted octanol–water partition coefficient (Wildman–Crippen LogP) is 3.18. The Bertz CT molecular complexity index is 435. The molecule has 1 aromatic carbocycles. The molecule has 0 N–H and O–H groups in total. The van der Waals surface area contributed by atoms with Gasteiger partial charge in [-0.25, -0.2) is 0 Å². The average molecular weight is 289 g/mol. The van der Waals surface area contributed by atoms with Crippen LogP contribution in [0.4, 0.5) is 0 Å². The normalized spacial score (nSPS) is 13.1. The fraction of sp³-hybridized carbons (Fsp3) is 0.462. The molecule has 0 aliphatic rings. The van der Waals surface area contributed by atoms with E-state index in [1.165, 1.54) is 0 Å². The van der Waals surface area contributed by atoms with Crippen molar-refractivity contribution >= 4 is 28.4 Å². The van der Waals surface area contributed by atoms with E-state index in [0.717, 1.165) is 0 Å². The minimum absolute atomic E-state index is 0.145. The highest BCUT2D eigenvalue weighted by Gasteiger charge is 2.17. The highest BCUT2D eigenvalue weighted by molar-refractivity contribution is 7.85. The molecule has 0 aliphatic carbocycles. The van der Waals surface area contributed by atoms with Gasteiger partial charge < -0.3 is 4.74 Å². The molecule has 0 spiro atoms. The molecule has 1 unspecified atom stereocenters. The SMILES string of the molecule is CC(C)(C)OC(=O)CCS(=O)c1ccc(Cl)cc1. The molecule has 0 saturated carbocycles. The maximum Gasteiger partial charge on any atom is 0.307 e. The van der Waals surface area contributed by atoms with Gasteiger partial charge in [0.2, 0.25) is 0 Å². The van der Waals surface area contributed by atoms with Crippen LogP contribution < -0.4 is 0 Å². The van der Waals surface area contributed by atoms with Crippen molar-refractivity contribution in [3.63, 3.8) is 0 Å². The average Bonchev–Trinajstić information content (AvgIpc) is 2.24. The maximum atomic E-state index is 11.9. The summed E-state index contributed by atoms with van der Waals surface area (Å²) in [5.41, 5.74) is -0.501. The van der Waals surface area contributed by atoms with Crippen LogP contribution in [0.1, 0.15) is 27.2 Å². The summed E-state index contributed by atoms with van der Waals surface area (Å²) in [7, 11) is -1.20. The zero-order valence-corrected chi connectivity index (χ0v) is 12.3. The number of benzene rings is 1. The third-order valence-corrected chi connectivity index (χ3v) is 3.61. The van der Waals surface area contributed by atoms with E-state index in [9.17, 15) is 9.00 Å². The monoisotopic (exact) mass is 288 g/mol.